The zero-order valence-corrected chi connectivity index (χ0v) is 20.1. The van der Waals surface area contributed by atoms with Crippen molar-refractivity contribution in [3.05, 3.63) is 52.3 Å². The van der Waals surface area contributed by atoms with E-state index in [1.165, 1.54) is 16.2 Å². The molecule has 3 N–H and O–H groups in total. The van der Waals surface area contributed by atoms with Crippen molar-refractivity contribution in [1.82, 2.24) is 24.7 Å². The first kappa shape index (κ1) is 26.0. The first-order valence-corrected chi connectivity index (χ1v) is 10.2. The molecule has 1 amide bonds. The molecular formula is C22H29ClN6O4. The van der Waals surface area contributed by atoms with Crippen LogP contribution in [0.5, 0.6) is 5.75 Å². The Balaban J connectivity index is 0.00000385. The van der Waals surface area contributed by atoms with Crippen LogP contribution in [-0.2, 0) is 12.0 Å². The molecule has 1 aromatic carbocycles. The van der Waals surface area contributed by atoms with Crippen LogP contribution in [0, 0.1) is 12.3 Å². The number of aryl methyl sites for hydroxylation is 1. The summed E-state index contributed by atoms with van der Waals surface area (Å²) in [5.74, 6) is -0.134. The number of aliphatic hydroxyl groups is 1. The number of benzene rings is 1. The van der Waals surface area contributed by atoms with Gasteiger partial charge in [0.2, 0.25) is 5.62 Å². The number of hydrogen-bond acceptors (Lipinski definition) is 7. The minimum absolute atomic E-state index is 0. The molecule has 2 heterocycles. The molecule has 0 unspecified atom stereocenters. The first-order chi connectivity index (χ1) is 15.0. The second-order valence-electron chi connectivity index (χ2n) is 8.50. The molecule has 10 nitrogen and oxygen atoms in total. The van der Waals surface area contributed by atoms with Crippen LogP contribution in [0.1, 0.15) is 52.7 Å². The fourth-order valence-corrected chi connectivity index (χ4v) is 3.18. The SMILES string of the molecule is CNC(=O)c1cc(C)c2nn(CC(=O)c3cc(OCCO)cc(C(C)(C)C)c3)c(=N)n2n1.Cl. The molecule has 11 heteroatoms. The third kappa shape index (κ3) is 5.58. The number of ether oxygens (including phenoxy) is 1. The van der Waals surface area contributed by atoms with Gasteiger partial charge in [0.25, 0.3) is 5.91 Å². The number of ketones is 1. The summed E-state index contributed by atoms with van der Waals surface area (Å²) in [6.07, 6.45) is 0. The number of fused-ring (bicyclic) bond motifs is 1. The lowest BCUT2D eigenvalue weighted by Crippen LogP contribution is -2.28. The first-order valence-electron chi connectivity index (χ1n) is 10.2. The van der Waals surface area contributed by atoms with E-state index in [0.29, 0.717) is 22.5 Å². The molecule has 0 radical (unpaired) electrons. The summed E-state index contributed by atoms with van der Waals surface area (Å²) < 4.78 is 8.05. The normalized spacial score (nSPS) is 11.2. The van der Waals surface area contributed by atoms with E-state index in [4.69, 9.17) is 15.3 Å². The number of aliphatic hydroxyl groups excluding tert-OH is 1. The maximum atomic E-state index is 13.1. The van der Waals surface area contributed by atoms with Crippen LogP contribution in [0.4, 0.5) is 0 Å². The van der Waals surface area contributed by atoms with Gasteiger partial charge in [-0.1, -0.05) is 20.8 Å². The number of rotatable bonds is 7. The van der Waals surface area contributed by atoms with Crippen molar-refractivity contribution in [2.24, 2.45) is 0 Å². The lowest BCUT2D eigenvalue weighted by molar-refractivity contribution is 0.0950. The van der Waals surface area contributed by atoms with E-state index in [-0.39, 0.29) is 60.6 Å². The number of aromatic nitrogens is 4. The van der Waals surface area contributed by atoms with E-state index in [0.717, 1.165) is 5.56 Å². The Morgan fingerprint density at radius 2 is 1.88 bits per heavy atom. The van der Waals surface area contributed by atoms with Crippen molar-refractivity contribution in [2.75, 3.05) is 20.3 Å². The molecule has 2 aromatic heterocycles. The highest BCUT2D eigenvalue weighted by atomic mass is 35.5. The number of halogens is 1. The second-order valence-corrected chi connectivity index (χ2v) is 8.50. The molecule has 0 aliphatic carbocycles. The van der Waals surface area contributed by atoms with Gasteiger partial charge in [-0.25, -0.2) is 4.68 Å². The lowest BCUT2D eigenvalue weighted by Gasteiger charge is -2.21. The Morgan fingerprint density at radius 1 is 1.18 bits per heavy atom. The maximum Gasteiger partial charge on any atom is 0.271 e. The van der Waals surface area contributed by atoms with Crippen LogP contribution in [0.3, 0.4) is 0 Å². The number of amides is 1. The van der Waals surface area contributed by atoms with Crippen LogP contribution in [0.15, 0.2) is 24.3 Å². The molecule has 0 fully saturated rings. The van der Waals surface area contributed by atoms with Crippen molar-refractivity contribution >= 4 is 29.7 Å². The molecule has 0 saturated heterocycles. The number of hydrogen-bond donors (Lipinski definition) is 3. The van der Waals surface area contributed by atoms with Gasteiger partial charge >= 0.3 is 0 Å². The van der Waals surface area contributed by atoms with Gasteiger partial charge in [0, 0.05) is 12.6 Å². The van der Waals surface area contributed by atoms with Gasteiger partial charge in [-0.3, -0.25) is 15.0 Å². The maximum absolute atomic E-state index is 13.1. The summed E-state index contributed by atoms with van der Waals surface area (Å²) >= 11 is 0. The standard InChI is InChI=1S/C22H28N6O4.ClH/c1-13-8-17(20(31)24-5)25-28-19(13)26-27(21(28)23)12-18(30)14-9-15(22(2,3)4)11-16(10-14)32-7-6-29;/h8-11,23,29H,6-7,12H2,1-5H3,(H,24,31);1H. The van der Waals surface area contributed by atoms with Crippen LogP contribution in [0.2, 0.25) is 0 Å². The monoisotopic (exact) mass is 476 g/mol. The molecule has 178 valence electrons. The average molecular weight is 477 g/mol. The predicted octanol–water partition coefficient (Wildman–Crippen LogP) is 1.65. The zero-order chi connectivity index (χ0) is 23.6. The molecule has 0 aliphatic heterocycles. The van der Waals surface area contributed by atoms with Crippen molar-refractivity contribution in [3.63, 3.8) is 0 Å². The molecule has 0 bridgehead atoms. The molecule has 0 atom stereocenters. The van der Waals surface area contributed by atoms with E-state index in [9.17, 15) is 9.59 Å². The third-order valence-electron chi connectivity index (χ3n) is 4.98. The quantitative estimate of drug-likeness (QED) is 0.444. The van der Waals surface area contributed by atoms with Crippen LogP contribution in [0.25, 0.3) is 5.65 Å². The Bertz CT molecular complexity index is 1240. The number of carbonyl (C=O) groups excluding carboxylic acids is 2. The van der Waals surface area contributed by atoms with Gasteiger partial charge in [-0.15, -0.1) is 17.5 Å². The number of nitrogens with zero attached hydrogens (tertiary/aromatic N) is 4. The molecule has 0 spiro atoms. The Morgan fingerprint density at radius 3 is 2.48 bits per heavy atom. The summed E-state index contributed by atoms with van der Waals surface area (Å²) in [6.45, 7) is 7.67. The molecule has 3 rings (SSSR count). The Kier molecular flexibility index (Phi) is 7.99. The number of carbonyl (C=O) groups is 2. The smallest absolute Gasteiger partial charge is 0.271 e. The van der Waals surface area contributed by atoms with Crippen molar-refractivity contribution < 1.29 is 19.4 Å². The van der Waals surface area contributed by atoms with Gasteiger partial charge < -0.3 is 15.2 Å². The number of Topliss-reactive ketones (excluding diaryl/α,β-unsaturated/α-hetero) is 1. The fourth-order valence-electron chi connectivity index (χ4n) is 3.18. The van der Waals surface area contributed by atoms with E-state index in [2.05, 4.69) is 15.5 Å². The summed E-state index contributed by atoms with van der Waals surface area (Å²) in [7, 11) is 1.50. The summed E-state index contributed by atoms with van der Waals surface area (Å²) in [5.41, 5.74) is 2.21. The average Bonchev–Trinajstić information content (AvgIpc) is 3.06. The third-order valence-corrected chi connectivity index (χ3v) is 4.98. The lowest BCUT2D eigenvalue weighted by atomic mass is 9.85. The highest BCUT2D eigenvalue weighted by molar-refractivity contribution is 5.96. The van der Waals surface area contributed by atoms with Crippen LogP contribution < -0.4 is 15.7 Å². The van der Waals surface area contributed by atoms with E-state index in [1.54, 1.807) is 25.1 Å². The second kappa shape index (κ2) is 10.1. The van der Waals surface area contributed by atoms with Gasteiger partial charge in [-0.05, 0) is 47.7 Å². The Labute approximate surface area is 197 Å². The Hall–Kier alpha value is -3.24. The highest BCUT2D eigenvalue weighted by Gasteiger charge is 2.20. The number of nitrogens with one attached hydrogen (secondary N) is 2. The van der Waals surface area contributed by atoms with E-state index >= 15 is 0 Å². The largest absolute Gasteiger partial charge is 0.491 e. The molecular weight excluding hydrogens is 448 g/mol. The summed E-state index contributed by atoms with van der Waals surface area (Å²) in [4.78, 5) is 25.1. The minimum atomic E-state index is -0.375. The minimum Gasteiger partial charge on any atom is -0.491 e. The fraction of sp³-hybridized carbons (Fsp3) is 0.409. The van der Waals surface area contributed by atoms with Crippen molar-refractivity contribution in [1.29, 1.82) is 5.41 Å². The highest BCUT2D eigenvalue weighted by Crippen LogP contribution is 2.28. The predicted molar refractivity (Wildman–Crippen MR) is 124 cm³/mol. The van der Waals surface area contributed by atoms with Crippen LogP contribution in [-0.4, -0.2) is 56.5 Å². The van der Waals surface area contributed by atoms with E-state index in [1.807, 2.05) is 26.8 Å². The van der Waals surface area contributed by atoms with E-state index < -0.39 is 0 Å². The topological polar surface area (TPSA) is 135 Å². The molecule has 0 saturated carbocycles. The molecule has 3 aromatic rings. The molecule has 33 heavy (non-hydrogen) atoms. The van der Waals surface area contributed by atoms with Gasteiger partial charge in [-0.2, -0.15) is 9.61 Å². The summed E-state index contributed by atoms with van der Waals surface area (Å²) in [6, 6.07) is 6.88. The van der Waals surface area contributed by atoms with Crippen LogP contribution >= 0.6 is 12.4 Å². The molecule has 0 aliphatic rings. The van der Waals surface area contributed by atoms with Gasteiger partial charge in [0.05, 0.1) is 6.61 Å². The zero-order valence-electron chi connectivity index (χ0n) is 19.3. The van der Waals surface area contributed by atoms with Gasteiger partial charge in [0.15, 0.2) is 11.4 Å². The van der Waals surface area contributed by atoms with Crippen molar-refractivity contribution in [3.8, 4) is 5.75 Å². The van der Waals surface area contributed by atoms with Gasteiger partial charge in [0.1, 0.15) is 24.6 Å². The van der Waals surface area contributed by atoms with Crippen molar-refractivity contribution in [2.45, 2.75) is 39.7 Å². The summed E-state index contributed by atoms with van der Waals surface area (Å²) in [5, 5.41) is 28.5.